The van der Waals surface area contributed by atoms with Crippen molar-refractivity contribution < 1.29 is 24.6 Å². The zero-order chi connectivity index (χ0) is 24.8. The largest absolute Gasteiger partial charge is 0.481 e. The Morgan fingerprint density at radius 1 is 1.17 bits per heavy atom. The number of hydrogen-bond donors (Lipinski definition) is 3. The maximum Gasteiger partial charge on any atom is 0.323 e. The van der Waals surface area contributed by atoms with Crippen LogP contribution in [0.4, 0.5) is 0 Å². The molecule has 188 valence electrons. The van der Waals surface area contributed by atoms with E-state index < -0.39 is 24.2 Å². The average molecular weight is 499 g/mol. The van der Waals surface area contributed by atoms with Crippen LogP contribution in [0.3, 0.4) is 0 Å². The molecule has 35 heavy (non-hydrogen) atoms. The summed E-state index contributed by atoms with van der Waals surface area (Å²) in [5, 5.41) is 25.3. The molecule has 8 heteroatoms. The molecule has 0 spiro atoms. The number of nitrogens with zero attached hydrogens (tertiary/aromatic N) is 1. The smallest absolute Gasteiger partial charge is 0.323 e. The Hall–Kier alpha value is -2.39. The van der Waals surface area contributed by atoms with Gasteiger partial charge in [0.1, 0.15) is 6.04 Å². The van der Waals surface area contributed by atoms with Crippen molar-refractivity contribution in [3.8, 4) is 0 Å². The van der Waals surface area contributed by atoms with E-state index in [-0.39, 0.29) is 19.0 Å². The summed E-state index contributed by atoms with van der Waals surface area (Å²) < 4.78 is 5.32. The molecule has 0 aromatic heterocycles. The topological polar surface area (TPSA) is 99.1 Å². The lowest BCUT2D eigenvalue weighted by molar-refractivity contribution is -0.178. The van der Waals surface area contributed by atoms with Gasteiger partial charge in [0, 0.05) is 10.6 Å². The standard InChI is InChI=1S/C27H34N2O5S/c1-2-34-27(32)22(13-12-18-8-4-3-5-9-18)28-25-17-35-24-15-20-11-7-6-10-19(20)14-21(24)23(29(25)33)16-26(30)31/h3-5,8-9,14-15,22-23,25,28,33H,2,6-7,10-13,16-17H2,1H3,(H,30,31)/t22?,23?,25-/m1/s1. The van der Waals surface area contributed by atoms with Crippen molar-refractivity contribution in [3.63, 3.8) is 0 Å². The maximum absolute atomic E-state index is 12.8. The van der Waals surface area contributed by atoms with Gasteiger partial charge >= 0.3 is 11.9 Å². The summed E-state index contributed by atoms with van der Waals surface area (Å²) in [4.78, 5) is 25.6. The molecule has 1 aliphatic carbocycles. The van der Waals surface area contributed by atoms with Crippen LogP contribution in [0.2, 0.25) is 0 Å². The van der Waals surface area contributed by atoms with E-state index in [0.29, 0.717) is 18.6 Å². The first kappa shape index (κ1) is 25.7. The molecule has 0 amide bonds. The molecule has 2 unspecified atom stereocenters. The van der Waals surface area contributed by atoms with Crippen molar-refractivity contribution in [1.82, 2.24) is 10.4 Å². The van der Waals surface area contributed by atoms with Gasteiger partial charge in [-0.3, -0.25) is 14.9 Å². The molecular formula is C27H34N2O5S. The summed E-state index contributed by atoms with van der Waals surface area (Å²) >= 11 is 1.60. The number of hydrogen-bond acceptors (Lipinski definition) is 7. The van der Waals surface area contributed by atoms with E-state index in [0.717, 1.165) is 46.8 Å². The molecule has 7 nitrogen and oxygen atoms in total. The highest BCUT2D eigenvalue weighted by atomic mass is 32.2. The number of aliphatic carboxylic acids is 1. The number of carbonyl (C=O) groups is 2. The monoisotopic (exact) mass is 498 g/mol. The van der Waals surface area contributed by atoms with Crippen molar-refractivity contribution in [2.75, 3.05) is 12.4 Å². The molecular weight excluding hydrogens is 464 g/mol. The SMILES string of the molecule is CCOC(=O)C(CCc1ccccc1)N[C@H]1CSc2cc3c(cc2C(CC(=O)O)N1O)CCCC3. The van der Waals surface area contributed by atoms with Crippen molar-refractivity contribution >= 4 is 23.7 Å². The lowest BCUT2D eigenvalue weighted by atomic mass is 9.88. The highest BCUT2D eigenvalue weighted by Crippen LogP contribution is 2.40. The van der Waals surface area contributed by atoms with Crippen LogP contribution in [-0.2, 0) is 33.6 Å². The third-order valence-corrected chi connectivity index (χ3v) is 7.91. The third kappa shape index (κ3) is 6.44. The molecule has 1 heterocycles. The lowest BCUT2D eigenvalue weighted by Crippen LogP contribution is -2.53. The maximum atomic E-state index is 12.8. The number of carboxylic acids is 1. The Morgan fingerprint density at radius 3 is 2.57 bits per heavy atom. The van der Waals surface area contributed by atoms with E-state index in [1.54, 1.807) is 18.7 Å². The van der Waals surface area contributed by atoms with Crippen LogP contribution in [0.25, 0.3) is 0 Å². The number of carbonyl (C=O) groups excluding carboxylic acids is 1. The summed E-state index contributed by atoms with van der Waals surface area (Å²) in [6, 6.07) is 12.8. The number of benzene rings is 2. The van der Waals surface area contributed by atoms with E-state index in [4.69, 9.17) is 4.74 Å². The number of nitrogens with one attached hydrogen (secondary N) is 1. The van der Waals surface area contributed by atoms with Gasteiger partial charge < -0.3 is 15.1 Å². The molecule has 3 N–H and O–H groups in total. The fraction of sp³-hybridized carbons (Fsp3) is 0.481. The van der Waals surface area contributed by atoms with Crippen LogP contribution in [0.5, 0.6) is 0 Å². The van der Waals surface area contributed by atoms with Gasteiger partial charge in [-0.05, 0) is 73.8 Å². The Morgan fingerprint density at radius 2 is 1.89 bits per heavy atom. The molecule has 0 saturated heterocycles. The van der Waals surface area contributed by atoms with Crippen LogP contribution in [0.15, 0.2) is 47.4 Å². The van der Waals surface area contributed by atoms with E-state index in [1.807, 2.05) is 30.3 Å². The predicted molar refractivity (Wildman–Crippen MR) is 135 cm³/mol. The number of hydroxylamine groups is 2. The first-order valence-corrected chi connectivity index (χ1v) is 13.4. The van der Waals surface area contributed by atoms with Gasteiger partial charge in [0.2, 0.25) is 0 Å². The molecule has 2 aromatic rings. The summed E-state index contributed by atoms with van der Waals surface area (Å²) in [5.74, 6) is -0.872. The minimum absolute atomic E-state index is 0.227. The van der Waals surface area contributed by atoms with Gasteiger partial charge in [-0.15, -0.1) is 11.8 Å². The molecule has 0 bridgehead atoms. The minimum Gasteiger partial charge on any atom is -0.481 e. The second-order valence-corrected chi connectivity index (χ2v) is 10.2. The number of fused-ring (bicyclic) bond motifs is 2. The quantitative estimate of drug-likeness (QED) is 0.439. The highest BCUT2D eigenvalue weighted by Gasteiger charge is 2.36. The molecule has 1 aliphatic heterocycles. The minimum atomic E-state index is -0.977. The van der Waals surface area contributed by atoms with Gasteiger partial charge in [-0.25, -0.2) is 0 Å². The zero-order valence-electron chi connectivity index (χ0n) is 20.1. The Kier molecular flexibility index (Phi) is 8.83. The fourth-order valence-corrected chi connectivity index (χ4v) is 6.14. The number of rotatable bonds is 9. The summed E-state index contributed by atoms with van der Waals surface area (Å²) in [5.41, 5.74) is 4.53. The second kappa shape index (κ2) is 12.0. The summed E-state index contributed by atoms with van der Waals surface area (Å²) in [6.07, 6.45) is 4.63. The van der Waals surface area contributed by atoms with Crippen molar-refractivity contribution in [1.29, 1.82) is 0 Å². The second-order valence-electron chi connectivity index (χ2n) is 9.18. The Labute approximate surface area is 210 Å². The van der Waals surface area contributed by atoms with E-state index >= 15 is 0 Å². The van der Waals surface area contributed by atoms with Crippen LogP contribution in [-0.4, -0.2) is 51.9 Å². The van der Waals surface area contributed by atoms with Crippen LogP contribution in [0.1, 0.15) is 60.9 Å². The molecule has 2 aliphatic rings. The fourth-order valence-electron chi connectivity index (χ4n) is 4.97. The molecule has 2 aromatic carbocycles. The molecule has 0 saturated carbocycles. The normalized spacial score (nSPS) is 20.9. The van der Waals surface area contributed by atoms with Crippen molar-refractivity contribution in [2.45, 2.75) is 75.0 Å². The number of esters is 1. The van der Waals surface area contributed by atoms with Gasteiger partial charge in [-0.1, -0.05) is 36.4 Å². The Balaban J connectivity index is 1.57. The number of ether oxygens (including phenoxy) is 1. The van der Waals surface area contributed by atoms with Crippen LogP contribution >= 0.6 is 11.8 Å². The third-order valence-electron chi connectivity index (χ3n) is 6.77. The lowest BCUT2D eigenvalue weighted by Gasteiger charge is -2.33. The zero-order valence-corrected chi connectivity index (χ0v) is 20.9. The number of aryl methyl sites for hydroxylation is 3. The number of thioether (sulfide) groups is 1. The van der Waals surface area contributed by atoms with Crippen molar-refractivity contribution in [3.05, 3.63) is 64.7 Å². The highest BCUT2D eigenvalue weighted by molar-refractivity contribution is 7.99. The van der Waals surface area contributed by atoms with Gasteiger partial charge in [-0.2, -0.15) is 5.06 Å². The number of carboxylic acid groups (broad SMARTS) is 1. The van der Waals surface area contributed by atoms with Gasteiger partial charge in [0.25, 0.3) is 0 Å². The van der Waals surface area contributed by atoms with E-state index in [9.17, 15) is 19.9 Å². The molecule has 4 rings (SSSR count). The van der Waals surface area contributed by atoms with Crippen molar-refractivity contribution in [2.24, 2.45) is 0 Å². The molecule has 0 fully saturated rings. The first-order valence-electron chi connectivity index (χ1n) is 12.4. The van der Waals surface area contributed by atoms with Crippen LogP contribution in [0, 0.1) is 0 Å². The Bertz CT molecular complexity index is 1030. The summed E-state index contributed by atoms with van der Waals surface area (Å²) in [6.45, 7) is 2.04. The molecule has 3 atom stereocenters. The summed E-state index contributed by atoms with van der Waals surface area (Å²) in [7, 11) is 0. The molecule has 0 radical (unpaired) electrons. The predicted octanol–water partition coefficient (Wildman–Crippen LogP) is 4.36. The van der Waals surface area contributed by atoms with Gasteiger partial charge in [0.05, 0.1) is 25.2 Å². The van der Waals surface area contributed by atoms with Crippen LogP contribution < -0.4 is 5.32 Å². The average Bonchev–Trinajstić information content (AvgIpc) is 2.97. The van der Waals surface area contributed by atoms with E-state index in [2.05, 4.69) is 17.4 Å². The van der Waals surface area contributed by atoms with E-state index in [1.165, 1.54) is 11.1 Å². The first-order chi connectivity index (χ1) is 17.0. The van der Waals surface area contributed by atoms with Gasteiger partial charge in [0.15, 0.2) is 0 Å².